The van der Waals surface area contributed by atoms with Crippen molar-refractivity contribution in [3.05, 3.63) is 51.6 Å². The number of rotatable bonds is 3. The number of hydrogen-bond donors (Lipinski definition) is 2. The molecule has 3 rings (SSSR count). The van der Waals surface area contributed by atoms with E-state index in [1.165, 1.54) is 26.6 Å². The van der Waals surface area contributed by atoms with Crippen molar-refractivity contribution in [2.45, 2.75) is 6.92 Å². The van der Waals surface area contributed by atoms with Crippen molar-refractivity contribution in [2.24, 2.45) is 0 Å². The van der Waals surface area contributed by atoms with Gasteiger partial charge in [-0.05, 0) is 30.5 Å². The van der Waals surface area contributed by atoms with Crippen molar-refractivity contribution in [3.8, 4) is 0 Å². The molecular formula is C14H15N3O2S2. The van der Waals surface area contributed by atoms with Crippen LogP contribution in [0.2, 0.25) is 0 Å². The summed E-state index contributed by atoms with van der Waals surface area (Å²) in [6.45, 7) is 2.02. The zero-order chi connectivity index (χ0) is 15.0. The van der Waals surface area contributed by atoms with Crippen LogP contribution in [-0.4, -0.2) is 15.5 Å². The van der Waals surface area contributed by atoms with Gasteiger partial charge in [0.2, 0.25) is 0 Å². The molecule has 1 aromatic carbocycles. The van der Waals surface area contributed by atoms with Crippen LogP contribution in [-0.2, 0) is 10.0 Å². The number of hydrazine groups is 1. The van der Waals surface area contributed by atoms with E-state index >= 15 is 0 Å². The van der Waals surface area contributed by atoms with E-state index in [9.17, 15) is 8.42 Å². The Bertz CT molecular complexity index is 792. The molecule has 0 atom stereocenters. The third-order valence-electron chi connectivity index (χ3n) is 3.27. The third-order valence-corrected chi connectivity index (χ3v) is 5.70. The van der Waals surface area contributed by atoms with Crippen LogP contribution in [0.15, 0.2) is 41.1 Å². The Morgan fingerprint density at radius 3 is 2.52 bits per heavy atom. The Kier molecular flexibility index (Phi) is 3.38. The van der Waals surface area contributed by atoms with E-state index < -0.39 is 10.0 Å². The van der Waals surface area contributed by atoms with Crippen molar-refractivity contribution in [1.29, 1.82) is 0 Å². The molecule has 21 heavy (non-hydrogen) atoms. The highest BCUT2D eigenvalue weighted by molar-refractivity contribution is 7.95. The second-order valence-corrected chi connectivity index (χ2v) is 7.52. The molecule has 0 unspecified atom stereocenters. The van der Waals surface area contributed by atoms with Crippen molar-refractivity contribution in [3.63, 3.8) is 0 Å². The number of fused-ring (bicyclic) bond motifs is 1. The molecule has 2 aromatic rings. The van der Waals surface area contributed by atoms with Gasteiger partial charge in [-0.3, -0.25) is 9.73 Å². The number of anilines is 2. The Balaban J connectivity index is 1.86. The van der Waals surface area contributed by atoms with Crippen LogP contribution in [0.1, 0.15) is 10.4 Å². The van der Waals surface area contributed by atoms with Crippen molar-refractivity contribution >= 4 is 38.4 Å². The number of thiophene rings is 1. The molecule has 0 spiro atoms. The van der Waals surface area contributed by atoms with E-state index in [0.29, 0.717) is 11.4 Å². The first kappa shape index (κ1) is 14.0. The van der Waals surface area contributed by atoms with Gasteiger partial charge in [-0.15, -0.1) is 11.3 Å². The quantitative estimate of drug-likeness (QED) is 0.854. The summed E-state index contributed by atoms with van der Waals surface area (Å²) < 4.78 is 25.5. The van der Waals surface area contributed by atoms with Crippen LogP contribution in [0, 0.1) is 6.92 Å². The number of aryl methyl sites for hydroxylation is 1. The molecule has 2 N–H and O–H groups in total. The van der Waals surface area contributed by atoms with Crippen molar-refractivity contribution in [1.82, 2.24) is 5.43 Å². The van der Waals surface area contributed by atoms with E-state index in [1.54, 1.807) is 13.1 Å². The second-order valence-electron chi connectivity index (χ2n) is 4.79. The predicted octanol–water partition coefficient (Wildman–Crippen LogP) is 2.75. The van der Waals surface area contributed by atoms with Crippen LogP contribution in [0.5, 0.6) is 0 Å². The highest BCUT2D eigenvalue weighted by Gasteiger charge is 2.27. The van der Waals surface area contributed by atoms with Crippen molar-refractivity contribution in [2.75, 3.05) is 16.8 Å². The van der Waals surface area contributed by atoms with E-state index in [-0.39, 0.29) is 0 Å². The van der Waals surface area contributed by atoms with E-state index in [0.717, 1.165) is 10.6 Å². The molecule has 0 saturated carbocycles. The Morgan fingerprint density at radius 2 is 1.81 bits per heavy atom. The number of nitrogens with one attached hydrogen (secondary N) is 2. The summed E-state index contributed by atoms with van der Waals surface area (Å²) in [6, 6.07) is 9.64. The summed E-state index contributed by atoms with van der Waals surface area (Å²) in [4.78, 5) is 0.895. The average Bonchev–Trinajstić information content (AvgIpc) is 2.93. The van der Waals surface area contributed by atoms with Gasteiger partial charge in [-0.1, -0.05) is 17.7 Å². The molecule has 1 aromatic heterocycles. The minimum Gasteiger partial charge on any atom is -0.301 e. The lowest BCUT2D eigenvalue weighted by Gasteiger charge is -2.24. The molecular weight excluding hydrogens is 306 g/mol. The van der Waals surface area contributed by atoms with Gasteiger partial charge in [-0.2, -0.15) is 0 Å². The molecule has 5 nitrogen and oxygen atoms in total. The fourth-order valence-corrected chi connectivity index (χ4v) is 4.12. The van der Waals surface area contributed by atoms with Gasteiger partial charge in [0, 0.05) is 7.05 Å². The first-order valence-corrected chi connectivity index (χ1v) is 8.73. The second kappa shape index (κ2) is 5.09. The fourth-order valence-electron chi connectivity index (χ4n) is 2.03. The summed E-state index contributed by atoms with van der Waals surface area (Å²) in [5.41, 5.74) is 9.31. The maximum Gasteiger partial charge on any atom is 0.259 e. The predicted molar refractivity (Wildman–Crippen MR) is 87.6 cm³/mol. The summed E-state index contributed by atoms with van der Waals surface area (Å²) in [5.74, 6) is 0. The average molecular weight is 321 g/mol. The normalized spacial score (nSPS) is 16.1. The molecule has 2 heterocycles. The van der Waals surface area contributed by atoms with Gasteiger partial charge in [0.05, 0.1) is 27.4 Å². The summed E-state index contributed by atoms with van der Waals surface area (Å²) in [5, 5.41) is 3.12. The molecule has 0 fully saturated rings. The molecule has 0 radical (unpaired) electrons. The minimum absolute atomic E-state index is 0.554. The maximum atomic E-state index is 12.1. The monoisotopic (exact) mass is 321 g/mol. The molecule has 1 aliphatic rings. The number of hydrogen-bond acceptors (Lipinski definition) is 5. The van der Waals surface area contributed by atoms with Crippen LogP contribution in [0.25, 0.3) is 5.70 Å². The lowest BCUT2D eigenvalue weighted by Crippen LogP contribution is -2.31. The minimum atomic E-state index is -3.43. The summed E-state index contributed by atoms with van der Waals surface area (Å²) >= 11 is 1.50. The smallest absolute Gasteiger partial charge is 0.259 e. The Hall–Kier alpha value is -1.99. The summed E-state index contributed by atoms with van der Waals surface area (Å²) in [7, 11) is -1.87. The zero-order valence-corrected chi connectivity index (χ0v) is 13.3. The standard InChI is InChI=1S/C14H15N3O2S2/c1-10-3-5-11(6-4-10)15-16-12-9-21(18,19)17(2)13-7-8-20-14(12)13/h3-9,15-16H,1-2H3. The molecule has 0 aliphatic carbocycles. The van der Waals surface area contributed by atoms with Gasteiger partial charge < -0.3 is 5.43 Å². The van der Waals surface area contributed by atoms with Gasteiger partial charge in [0.15, 0.2) is 0 Å². The first-order valence-electron chi connectivity index (χ1n) is 6.34. The van der Waals surface area contributed by atoms with Gasteiger partial charge in [0.1, 0.15) is 0 Å². The molecule has 110 valence electrons. The van der Waals surface area contributed by atoms with E-state index in [4.69, 9.17) is 0 Å². The largest absolute Gasteiger partial charge is 0.301 e. The van der Waals surface area contributed by atoms with E-state index in [1.807, 2.05) is 36.6 Å². The highest BCUT2D eigenvalue weighted by atomic mass is 32.2. The lowest BCUT2D eigenvalue weighted by molar-refractivity contribution is 0.602. The first-order chi connectivity index (χ1) is 9.97. The van der Waals surface area contributed by atoms with Crippen LogP contribution >= 0.6 is 11.3 Å². The molecule has 0 bridgehead atoms. The molecule has 7 heteroatoms. The third kappa shape index (κ3) is 2.62. The van der Waals surface area contributed by atoms with Gasteiger partial charge in [-0.25, -0.2) is 8.42 Å². The number of nitrogens with zero attached hydrogens (tertiary/aromatic N) is 1. The highest BCUT2D eigenvalue weighted by Crippen LogP contribution is 2.36. The molecule has 0 saturated heterocycles. The topological polar surface area (TPSA) is 61.4 Å². The Morgan fingerprint density at radius 1 is 1.10 bits per heavy atom. The fraction of sp³-hybridized carbons (Fsp3) is 0.143. The zero-order valence-electron chi connectivity index (χ0n) is 11.6. The molecule has 1 aliphatic heterocycles. The number of sulfonamides is 1. The van der Waals surface area contributed by atoms with Gasteiger partial charge in [0.25, 0.3) is 10.0 Å². The van der Waals surface area contributed by atoms with Crippen molar-refractivity contribution < 1.29 is 8.42 Å². The van der Waals surface area contributed by atoms with Crippen LogP contribution < -0.4 is 15.2 Å². The Labute approximate surface area is 127 Å². The maximum absolute atomic E-state index is 12.1. The van der Waals surface area contributed by atoms with Gasteiger partial charge >= 0.3 is 0 Å². The van der Waals surface area contributed by atoms with Crippen LogP contribution in [0.3, 0.4) is 0 Å². The lowest BCUT2D eigenvalue weighted by atomic mass is 10.2. The van der Waals surface area contributed by atoms with Crippen LogP contribution in [0.4, 0.5) is 11.4 Å². The van der Waals surface area contributed by atoms with E-state index in [2.05, 4.69) is 10.9 Å². The SMILES string of the molecule is Cc1ccc(NNC2=CS(=O)(=O)N(C)c3ccsc32)cc1. The molecule has 0 amide bonds. The number of benzene rings is 1. The summed E-state index contributed by atoms with van der Waals surface area (Å²) in [6.07, 6.45) is 0.